The summed E-state index contributed by atoms with van der Waals surface area (Å²) in [6.45, 7) is 0.719. The molecule has 19 heavy (non-hydrogen) atoms. The van der Waals surface area contributed by atoms with Gasteiger partial charge in [-0.2, -0.15) is 0 Å². The topological polar surface area (TPSA) is 21.3 Å². The highest BCUT2D eigenvalue weighted by atomic mass is 79.9. The molecule has 0 heterocycles. The van der Waals surface area contributed by atoms with Crippen LogP contribution in [0.2, 0.25) is 5.02 Å². The minimum Gasteiger partial charge on any atom is -0.483 e. The van der Waals surface area contributed by atoms with Gasteiger partial charge in [0.1, 0.15) is 11.9 Å². The first-order valence-corrected chi connectivity index (χ1v) is 7.19. The highest BCUT2D eigenvalue weighted by molar-refractivity contribution is 9.10. The van der Waals surface area contributed by atoms with Gasteiger partial charge in [-0.15, -0.1) is 0 Å². The van der Waals surface area contributed by atoms with Crippen LogP contribution in [0, 0.1) is 0 Å². The van der Waals surface area contributed by atoms with E-state index in [1.54, 1.807) is 0 Å². The molecule has 2 aromatic carbocycles. The van der Waals surface area contributed by atoms with Crippen LogP contribution in [0.4, 0.5) is 0 Å². The molecule has 100 valence electrons. The molecular weight excluding hydrogens is 326 g/mol. The largest absolute Gasteiger partial charge is 0.483 e. The highest BCUT2D eigenvalue weighted by Gasteiger charge is 2.14. The van der Waals surface area contributed by atoms with Crippen molar-refractivity contribution in [1.82, 2.24) is 5.32 Å². The molecule has 4 heteroatoms. The van der Waals surface area contributed by atoms with Gasteiger partial charge in [0, 0.05) is 11.0 Å². The van der Waals surface area contributed by atoms with Gasteiger partial charge in [-0.3, -0.25) is 0 Å². The number of benzene rings is 2. The third-order valence-electron chi connectivity index (χ3n) is 2.72. The van der Waals surface area contributed by atoms with Crippen molar-refractivity contribution in [3.05, 3.63) is 63.6 Å². The molecule has 0 radical (unpaired) electrons. The Labute approximate surface area is 126 Å². The predicted molar refractivity (Wildman–Crippen MR) is 82.9 cm³/mol. The van der Waals surface area contributed by atoms with E-state index in [0.29, 0.717) is 10.8 Å². The Morgan fingerprint density at radius 1 is 1.21 bits per heavy atom. The summed E-state index contributed by atoms with van der Waals surface area (Å²) in [5, 5.41) is 3.74. The molecule has 2 nitrogen and oxygen atoms in total. The van der Waals surface area contributed by atoms with E-state index in [-0.39, 0.29) is 6.10 Å². The van der Waals surface area contributed by atoms with E-state index in [9.17, 15) is 0 Å². The zero-order valence-corrected chi connectivity index (χ0v) is 12.9. The summed E-state index contributed by atoms with van der Waals surface area (Å²) in [6.07, 6.45) is -0.0649. The summed E-state index contributed by atoms with van der Waals surface area (Å²) in [5.74, 6) is 0.689. The lowest BCUT2D eigenvalue weighted by molar-refractivity contribution is 0.205. The van der Waals surface area contributed by atoms with Crippen LogP contribution in [0.5, 0.6) is 5.75 Å². The maximum atomic E-state index is 6.19. The lowest BCUT2D eigenvalue weighted by Crippen LogP contribution is -2.22. The van der Waals surface area contributed by atoms with Crippen LogP contribution in [-0.2, 0) is 0 Å². The van der Waals surface area contributed by atoms with Crippen molar-refractivity contribution in [3.63, 3.8) is 0 Å². The number of rotatable bonds is 5. The van der Waals surface area contributed by atoms with Crippen molar-refractivity contribution in [2.75, 3.05) is 13.6 Å². The average Bonchev–Trinajstić information content (AvgIpc) is 2.42. The first kappa shape index (κ1) is 14.4. The van der Waals surface area contributed by atoms with Crippen LogP contribution < -0.4 is 10.1 Å². The molecule has 1 unspecified atom stereocenters. The molecule has 0 amide bonds. The third kappa shape index (κ3) is 3.96. The number of halogens is 2. The monoisotopic (exact) mass is 339 g/mol. The average molecular weight is 341 g/mol. The summed E-state index contributed by atoms with van der Waals surface area (Å²) in [4.78, 5) is 0. The minimum atomic E-state index is -0.0649. The Hall–Kier alpha value is -1.03. The van der Waals surface area contributed by atoms with Crippen LogP contribution in [0.1, 0.15) is 11.7 Å². The molecule has 0 aromatic heterocycles. The van der Waals surface area contributed by atoms with Gasteiger partial charge in [-0.25, -0.2) is 0 Å². The second-order valence-corrected chi connectivity index (χ2v) is 5.47. The van der Waals surface area contributed by atoms with Gasteiger partial charge in [0.05, 0.1) is 5.02 Å². The van der Waals surface area contributed by atoms with E-state index in [1.165, 1.54) is 0 Å². The fourth-order valence-corrected chi connectivity index (χ4v) is 2.52. The molecule has 0 saturated carbocycles. The van der Waals surface area contributed by atoms with E-state index in [2.05, 4.69) is 33.4 Å². The van der Waals surface area contributed by atoms with Gasteiger partial charge in [-0.1, -0.05) is 57.9 Å². The van der Waals surface area contributed by atoms with Gasteiger partial charge in [0.15, 0.2) is 0 Å². The molecule has 0 spiro atoms. The number of likely N-dealkylation sites (N-methyl/N-ethyl adjacent to an activating group) is 1. The van der Waals surface area contributed by atoms with Crippen LogP contribution in [-0.4, -0.2) is 13.6 Å². The summed E-state index contributed by atoms with van der Waals surface area (Å²) < 4.78 is 6.95. The van der Waals surface area contributed by atoms with Crippen LogP contribution in [0.25, 0.3) is 0 Å². The summed E-state index contributed by atoms with van der Waals surface area (Å²) >= 11 is 9.57. The summed E-state index contributed by atoms with van der Waals surface area (Å²) in [6, 6.07) is 15.7. The number of nitrogens with one attached hydrogen (secondary N) is 1. The van der Waals surface area contributed by atoms with Gasteiger partial charge < -0.3 is 10.1 Å². The maximum absolute atomic E-state index is 6.19. The Balaban J connectivity index is 2.21. The second-order valence-electron chi connectivity index (χ2n) is 4.15. The SMILES string of the molecule is CNCC(Oc1ccc(Br)cc1Cl)c1ccccc1. The van der Waals surface area contributed by atoms with Crippen LogP contribution in [0.3, 0.4) is 0 Å². The van der Waals surface area contributed by atoms with Crippen molar-refractivity contribution in [1.29, 1.82) is 0 Å². The van der Waals surface area contributed by atoms with Crippen molar-refractivity contribution in [3.8, 4) is 5.75 Å². The first-order valence-electron chi connectivity index (χ1n) is 6.02. The summed E-state index contributed by atoms with van der Waals surface area (Å²) in [5.41, 5.74) is 1.12. The molecule has 0 aliphatic rings. The lowest BCUT2D eigenvalue weighted by atomic mass is 10.1. The molecule has 1 N–H and O–H groups in total. The molecular formula is C15H15BrClNO. The minimum absolute atomic E-state index is 0.0649. The number of ether oxygens (including phenoxy) is 1. The second kappa shape index (κ2) is 6.94. The number of hydrogen-bond donors (Lipinski definition) is 1. The quantitative estimate of drug-likeness (QED) is 0.868. The fourth-order valence-electron chi connectivity index (χ4n) is 1.80. The zero-order chi connectivity index (χ0) is 13.7. The summed E-state index contributed by atoms with van der Waals surface area (Å²) in [7, 11) is 1.91. The van der Waals surface area contributed by atoms with Gasteiger partial charge in [0.2, 0.25) is 0 Å². The Morgan fingerprint density at radius 3 is 2.58 bits per heavy atom. The Bertz CT molecular complexity index is 533. The fraction of sp³-hybridized carbons (Fsp3) is 0.200. The van der Waals surface area contributed by atoms with E-state index in [1.807, 2.05) is 43.4 Å². The molecule has 0 saturated heterocycles. The van der Waals surface area contributed by atoms with Crippen molar-refractivity contribution < 1.29 is 4.74 Å². The van der Waals surface area contributed by atoms with Gasteiger partial charge in [-0.05, 0) is 30.8 Å². The third-order valence-corrected chi connectivity index (χ3v) is 3.51. The Kier molecular flexibility index (Phi) is 5.25. The first-order chi connectivity index (χ1) is 9.20. The lowest BCUT2D eigenvalue weighted by Gasteiger charge is -2.20. The molecule has 2 aromatic rings. The van der Waals surface area contributed by atoms with E-state index in [0.717, 1.165) is 16.6 Å². The molecule has 1 atom stereocenters. The molecule has 0 aliphatic heterocycles. The Morgan fingerprint density at radius 2 is 1.95 bits per heavy atom. The van der Waals surface area contributed by atoms with Crippen molar-refractivity contribution in [2.45, 2.75) is 6.10 Å². The van der Waals surface area contributed by atoms with E-state index in [4.69, 9.17) is 16.3 Å². The number of hydrogen-bond acceptors (Lipinski definition) is 2. The standard InChI is InChI=1S/C15H15BrClNO/c1-18-10-15(11-5-3-2-4-6-11)19-14-8-7-12(16)9-13(14)17/h2-9,15,18H,10H2,1H3. The van der Waals surface area contributed by atoms with Crippen LogP contribution >= 0.6 is 27.5 Å². The maximum Gasteiger partial charge on any atom is 0.138 e. The normalized spacial score (nSPS) is 12.2. The molecule has 2 rings (SSSR count). The molecule has 0 bridgehead atoms. The predicted octanol–water partition coefficient (Wildman–Crippen LogP) is 4.44. The van der Waals surface area contributed by atoms with Crippen LogP contribution in [0.15, 0.2) is 53.0 Å². The van der Waals surface area contributed by atoms with Gasteiger partial charge >= 0.3 is 0 Å². The molecule has 0 fully saturated rings. The molecule has 0 aliphatic carbocycles. The van der Waals surface area contributed by atoms with Gasteiger partial charge in [0.25, 0.3) is 0 Å². The van der Waals surface area contributed by atoms with E-state index < -0.39 is 0 Å². The van der Waals surface area contributed by atoms with Crippen molar-refractivity contribution >= 4 is 27.5 Å². The van der Waals surface area contributed by atoms with Crippen molar-refractivity contribution in [2.24, 2.45) is 0 Å². The van der Waals surface area contributed by atoms with E-state index >= 15 is 0 Å². The zero-order valence-electron chi connectivity index (χ0n) is 10.6. The smallest absolute Gasteiger partial charge is 0.138 e. The highest BCUT2D eigenvalue weighted by Crippen LogP contribution is 2.31.